The molecule has 174 valence electrons. The van der Waals surface area contributed by atoms with Crippen molar-refractivity contribution in [3.05, 3.63) is 78.6 Å². The zero-order valence-corrected chi connectivity index (χ0v) is 18.9. The van der Waals surface area contributed by atoms with Crippen LogP contribution in [0.15, 0.2) is 73.1 Å². The molecule has 2 saturated heterocycles. The number of ether oxygens (including phenoxy) is 1. The zero-order chi connectivity index (χ0) is 23.4. The predicted molar refractivity (Wildman–Crippen MR) is 129 cm³/mol. The van der Waals surface area contributed by atoms with Gasteiger partial charge in [0.25, 0.3) is 11.8 Å². The maximum Gasteiger partial charge on any atom is 0.253 e. The molecule has 1 spiro atoms. The van der Waals surface area contributed by atoms with E-state index in [2.05, 4.69) is 15.3 Å². The molecule has 2 aromatic carbocycles. The molecular weight excluding hydrogens is 430 g/mol. The number of hydrogen-bond acceptors (Lipinski definition) is 6. The molecule has 3 heterocycles. The smallest absolute Gasteiger partial charge is 0.253 e. The predicted octanol–water partition coefficient (Wildman–Crippen LogP) is 3.65. The van der Waals surface area contributed by atoms with Crippen molar-refractivity contribution < 1.29 is 14.3 Å². The Morgan fingerprint density at radius 3 is 2.62 bits per heavy atom. The Bertz CT molecular complexity index is 1160. The third kappa shape index (κ3) is 4.77. The van der Waals surface area contributed by atoms with Crippen molar-refractivity contribution in [2.75, 3.05) is 36.5 Å². The second-order valence-corrected chi connectivity index (χ2v) is 8.71. The summed E-state index contributed by atoms with van der Waals surface area (Å²) in [5.41, 5.74) is 1.82. The highest BCUT2D eigenvalue weighted by Gasteiger charge is 2.42. The molecule has 1 atom stereocenters. The van der Waals surface area contributed by atoms with Crippen LogP contribution in [0.25, 0.3) is 0 Å². The lowest BCUT2D eigenvalue weighted by Gasteiger charge is -2.42. The molecule has 8 heteroatoms. The number of hydrogen-bond donors (Lipinski definition) is 1. The summed E-state index contributed by atoms with van der Waals surface area (Å²) in [4.78, 5) is 37.9. The standard InChI is InChI=1S/C26H27N5O3/c32-23-18-34-26(19-31(23)22-9-2-1-3-10-22)11-5-15-30(16-12-26)24(33)20-7-4-8-21(17-20)29-25-27-13-6-14-28-25/h1-4,6-10,13-14,17H,5,11-12,15-16,18-19H2,(H,27,28,29)/t26-/m0/s1. The van der Waals surface area contributed by atoms with Crippen LogP contribution in [0, 0.1) is 0 Å². The van der Waals surface area contributed by atoms with Crippen molar-refractivity contribution in [1.82, 2.24) is 14.9 Å². The number of anilines is 3. The first-order valence-electron chi connectivity index (χ1n) is 11.5. The number of nitrogens with zero attached hydrogens (tertiary/aromatic N) is 4. The molecule has 0 unspecified atom stereocenters. The third-order valence-electron chi connectivity index (χ3n) is 6.43. The maximum atomic E-state index is 13.3. The Labute approximate surface area is 198 Å². The number of para-hydroxylation sites is 1. The highest BCUT2D eigenvalue weighted by atomic mass is 16.5. The number of benzene rings is 2. The quantitative estimate of drug-likeness (QED) is 0.644. The summed E-state index contributed by atoms with van der Waals surface area (Å²) < 4.78 is 6.12. The van der Waals surface area contributed by atoms with E-state index >= 15 is 0 Å². The lowest BCUT2D eigenvalue weighted by Crippen LogP contribution is -2.55. The molecule has 0 aliphatic carbocycles. The van der Waals surface area contributed by atoms with Crippen molar-refractivity contribution in [2.24, 2.45) is 0 Å². The Kier molecular flexibility index (Phi) is 6.22. The highest BCUT2D eigenvalue weighted by molar-refractivity contribution is 5.96. The first-order valence-corrected chi connectivity index (χ1v) is 11.5. The van der Waals surface area contributed by atoms with Gasteiger partial charge in [-0.15, -0.1) is 0 Å². The molecule has 0 saturated carbocycles. The molecule has 1 aromatic heterocycles. The summed E-state index contributed by atoms with van der Waals surface area (Å²) in [5, 5.41) is 3.14. The number of nitrogens with one attached hydrogen (secondary N) is 1. The SMILES string of the molecule is O=C(c1cccc(Nc2ncccn2)c1)N1CCC[C@]2(CC1)CN(c1ccccc1)C(=O)CO2. The van der Waals surface area contributed by atoms with Crippen LogP contribution >= 0.6 is 0 Å². The summed E-state index contributed by atoms with van der Waals surface area (Å²) in [7, 11) is 0. The van der Waals surface area contributed by atoms with Gasteiger partial charge in [0.2, 0.25) is 5.95 Å². The lowest BCUT2D eigenvalue weighted by molar-refractivity contribution is -0.140. The Balaban J connectivity index is 1.27. The van der Waals surface area contributed by atoms with Crippen LogP contribution < -0.4 is 10.2 Å². The van der Waals surface area contributed by atoms with Crippen LogP contribution in [-0.4, -0.2) is 58.5 Å². The fourth-order valence-corrected chi connectivity index (χ4v) is 4.64. The van der Waals surface area contributed by atoms with Crippen molar-refractivity contribution in [3.8, 4) is 0 Å². The summed E-state index contributed by atoms with van der Waals surface area (Å²) in [5.74, 6) is 0.443. The Morgan fingerprint density at radius 1 is 0.971 bits per heavy atom. The third-order valence-corrected chi connectivity index (χ3v) is 6.43. The minimum atomic E-state index is -0.438. The molecule has 34 heavy (non-hydrogen) atoms. The molecular formula is C26H27N5O3. The van der Waals surface area contributed by atoms with Gasteiger partial charge in [-0.25, -0.2) is 9.97 Å². The largest absolute Gasteiger partial charge is 0.363 e. The number of morpholine rings is 1. The first kappa shape index (κ1) is 22.0. The molecule has 2 fully saturated rings. The van der Waals surface area contributed by atoms with Gasteiger partial charge in [-0.3, -0.25) is 9.59 Å². The number of aromatic nitrogens is 2. The van der Waals surface area contributed by atoms with Gasteiger partial charge in [-0.1, -0.05) is 24.3 Å². The van der Waals surface area contributed by atoms with E-state index in [4.69, 9.17) is 4.74 Å². The number of carbonyl (C=O) groups excluding carboxylic acids is 2. The van der Waals surface area contributed by atoms with Crippen LogP contribution in [0.3, 0.4) is 0 Å². The molecule has 2 amide bonds. The fourth-order valence-electron chi connectivity index (χ4n) is 4.64. The maximum absolute atomic E-state index is 13.3. The minimum Gasteiger partial charge on any atom is -0.363 e. The van der Waals surface area contributed by atoms with Crippen molar-refractivity contribution in [1.29, 1.82) is 0 Å². The van der Waals surface area contributed by atoms with E-state index in [1.54, 1.807) is 18.5 Å². The minimum absolute atomic E-state index is 0.0125. The van der Waals surface area contributed by atoms with Gasteiger partial charge in [0.05, 0.1) is 12.1 Å². The molecule has 0 radical (unpaired) electrons. The Hall–Kier alpha value is -3.78. The summed E-state index contributed by atoms with van der Waals surface area (Å²) in [6, 6.07) is 18.9. The van der Waals surface area contributed by atoms with E-state index in [1.807, 2.05) is 64.4 Å². The van der Waals surface area contributed by atoms with Gasteiger partial charge in [0.1, 0.15) is 6.61 Å². The van der Waals surface area contributed by atoms with Gasteiger partial charge < -0.3 is 19.9 Å². The van der Waals surface area contributed by atoms with Gasteiger partial charge >= 0.3 is 0 Å². The average Bonchev–Trinajstić information content (AvgIpc) is 3.09. The second kappa shape index (κ2) is 9.61. The molecule has 2 aliphatic rings. The summed E-state index contributed by atoms with van der Waals surface area (Å²) in [6.07, 6.45) is 5.64. The lowest BCUT2D eigenvalue weighted by atomic mass is 9.92. The Morgan fingerprint density at radius 2 is 1.79 bits per heavy atom. The van der Waals surface area contributed by atoms with Crippen LogP contribution in [0.4, 0.5) is 17.3 Å². The van der Waals surface area contributed by atoms with Crippen molar-refractivity contribution in [2.45, 2.75) is 24.9 Å². The van der Waals surface area contributed by atoms with E-state index in [0.29, 0.717) is 37.6 Å². The van der Waals surface area contributed by atoms with E-state index in [1.165, 1.54) is 0 Å². The van der Waals surface area contributed by atoms with Crippen LogP contribution in [0.1, 0.15) is 29.6 Å². The molecule has 3 aromatic rings. The molecule has 2 aliphatic heterocycles. The van der Waals surface area contributed by atoms with Gasteiger partial charge in [-0.2, -0.15) is 0 Å². The van der Waals surface area contributed by atoms with Gasteiger partial charge in [0, 0.05) is 42.4 Å². The number of amides is 2. The van der Waals surface area contributed by atoms with Gasteiger partial charge in [-0.05, 0) is 55.7 Å². The van der Waals surface area contributed by atoms with Gasteiger partial charge in [0.15, 0.2) is 0 Å². The number of carbonyl (C=O) groups is 2. The van der Waals surface area contributed by atoms with E-state index in [-0.39, 0.29) is 18.4 Å². The number of rotatable bonds is 4. The summed E-state index contributed by atoms with van der Waals surface area (Å²) >= 11 is 0. The summed E-state index contributed by atoms with van der Waals surface area (Å²) in [6.45, 7) is 1.81. The van der Waals surface area contributed by atoms with Crippen LogP contribution in [0.2, 0.25) is 0 Å². The van der Waals surface area contributed by atoms with Crippen molar-refractivity contribution in [3.63, 3.8) is 0 Å². The topological polar surface area (TPSA) is 87.7 Å². The van der Waals surface area contributed by atoms with Crippen molar-refractivity contribution >= 4 is 29.1 Å². The normalized spacial score (nSPS) is 20.8. The second-order valence-electron chi connectivity index (χ2n) is 8.71. The fraction of sp³-hybridized carbons (Fsp3) is 0.308. The molecule has 1 N–H and O–H groups in total. The molecule has 8 nitrogen and oxygen atoms in total. The zero-order valence-electron chi connectivity index (χ0n) is 18.9. The van der Waals surface area contributed by atoms with Crippen LogP contribution in [-0.2, 0) is 9.53 Å². The van der Waals surface area contributed by atoms with E-state index in [0.717, 1.165) is 24.2 Å². The van der Waals surface area contributed by atoms with Crippen LogP contribution in [0.5, 0.6) is 0 Å². The van der Waals surface area contributed by atoms with E-state index in [9.17, 15) is 9.59 Å². The number of likely N-dealkylation sites (tertiary alicyclic amines) is 1. The average molecular weight is 458 g/mol. The monoisotopic (exact) mass is 457 g/mol. The first-order chi connectivity index (χ1) is 16.6. The molecule has 0 bridgehead atoms. The molecule has 5 rings (SSSR count). The van der Waals surface area contributed by atoms with E-state index < -0.39 is 5.60 Å². The highest BCUT2D eigenvalue weighted by Crippen LogP contribution is 2.33.